The van der Waals surface area contributed by atoms with Crippen LogP contribution in [0.4, 0.5) is 5.69 Å². The standard InChI is InChI=1S/C15H15N3O3/c1-9(2)11-4-5-12(18-17-11)15(19)16-10-3-6-13-14(7-10)21-8-20-13/h3-7,9H,8H2,1-2H3,(H,16,19). The molecule has 6 nitrogen and oxygen atoms in total. The fraction of sp³-hybridized carbons (Fsp3) is 0.267. The van der Waals surface area contributed by atoms with Crippen molar-refractivity contribution in [3.05, 3.63) is 41.7 Å². The zero-order valence-corrected chi connectivity index (χ0v) is 11.8. The van der Waals surface area contributed by atoms with E-state index in [-0.39, 0.29) is 24.3 Å². The Kier molecular flexibility index (Phi) is 3.43. The molecule has 1 aliphatic rings. The smallest absolute Gasteiger partial charge is 0.276 e. The monoisotopic (exact) mass is 285 g/mol. The largest absolute Gasteiger partial charge is 0.454 e. The first-order valence-corrected chi connectivity index (χ1v) is 6.68. The van der Waals surface area contributed by atoms with E-state index < -0.39 is 0 Å². The van der Waals surface area contributed by atoms with Crippen LogP contribution in [0.3, 0.4) is 0 Å². The number of nitrogens with one attached hydrogen (secondary N) is 1. The summed E-state index contributed by atoms with van der Waals surface area (Å²) < 4.78 is 10.5. The quantitative estimate of drug-likeness (QED) is 0.938. The number of hydrogen-bond donors (Lipinski definition) is 1. The molecule has 2 aromatic rings. The molecule has 21 heavy (non-hydrogen) atoms. The van der Waals surface area contributed by atoms with E-state index in [0.29, 0.717) is 17.2 Å². The van der Waals surface area contributed by atoms with Crippen molar-refractivity contribution in [2.24, 2.45) is 0 Å². The number of carbonyl (C=O) groups is 1. The third-order valence-electron chi connectivity index (χ3n) is 3.14. The van der Waals surface area contributed by atoms with Crippen LogP contribution in [0.1, 0.15) is 35.9 Å². The lowest BCUT2D eigenvalue weighted by atomic mass is 10.1. The van der Waals surface area contributed by atoms with Gasteiger partial charge in [0.1, 0.15) is 0 Å². The second-order valence-corrected chi connectivity index (χ2v) is 5.02. The van der Waals surface area contributed by atoms with Gasteiger partial charge in [-0.1, -0.05) is 13.8 Å². The second kappa shape index (κ2) is 5.40. The molecule has 1 aromatic carbocycles. The van der Waals surface area contributed by atoms with E-state index in [9.17, 15) is 4.79 Å². The molecule has 6 heteroatoms. The van der Waals surface area contributed by atoms with Crippen LogP contribution in [0.5, 0.6) is 11.5 Å². The van der Waals surface area contributed by atoms with Crippen LogP contribution in [0.25, 0.3) is 0 Å². The van der Waals surface area contributed by atoms with E-state index in [1.54, 1.807) is 24.3 Å². The maximum absolute atomic E-state index is 12.1. The third kappa shape index (κ3) is 2.79. The summed E-state index contributed by atoms with van der Waals surface area (Å²) in [6.45, 7) is 4.25. The summed E-state index contributed by atoms with van der Waals surface area (Å²) in [7, 11) is 0. The number of carbonyl (C=O) groups excluding carboxylic acids is 1. The highest BCUT2D eigenvalue weighted by Crippen LogP contribution is 2.34. The van der Waals surface area contributed by atoms with Gasteiger partial charge in [-0.05, 0) is 30.2 Å². The Morgan fingerprint density at radius 2 is 1.95 bits per heavy atom. The summed E-state index contributed by atoms with van der Waals surface area (Å²) in [6, 6.07) is 8.71. The van der Waals surface area contributed by atoms with Gasteiger partial charge < -0.3 is 14.8 Å². The Labute approximate surface area is 122 Å². The molecule has 0 atom stereocenters. The number of ether oxygens (including phenoxy) is 2. The number of aromatic nitrogens is 2. The van der Waals surface area contributed by atoms with Crippen LogP contribution in [0, 0.1) is 0 Å². The molecular weight excluding hydrogens is 270 g/mol. The normalized spacial score (nSPS) is 12.5. The van der Waals surface area contributed by atoms with Gasteiger partial charge in [-0.15, -0.1) is 5.10 Å². The second-order valence-electron chi connectivity index (χ2n) is 5.02. The minimum Gasteiger partial charge on any atom is -0.454 e. The first-order chi connectivity index (χ1) is 10.1. The summed E-state index contributed by atoms with van der Waals surface area (Å²) in [5, 5.41) is 10.8. The molecule has 1 aliphatic heterocycles. The average molecular weight is 285 g/mol. The van der Waals surface area contributed by atoms with Gasteiger partial charge in [0, 0.05) is 11.8 Å². The topological polar surface area (TPSA) is 73.3 Å². The van der Waals surface area contributed by atoms with Crippen molar-refractivity contribution in [2.75, 3.05) is 12.1 Å². The number of anilines is 1. The van der Waals surface area contributed by atoms with Crippen molar-refractivity contribution in [1.82, 2.24) is 10.2 Å². The molecule has 2 heterocycles. The summed E-state index contributed by atoms with van der Waals surface area (Å²) in [5.41, 5.74) is 1.76. The predicted octanol–water partition coefficient (Wildman–Crippen LogP) is 2.58. The number of benzene rings is 1. The lowest BCUT2D eigenvalue weighted by Gasteiger charge is -2.06. The lowest BCUT2D eigenvalue weighted by Crippen LogP contribution is -2.14. The molecular formula is C15H15N3O3. The van der Waals surface area contributed by atoms with Crippen molar-refractivity contribution >= 4 is 11.6 Å². The van der Waals surface area contributed by atoms with Crippen LogP contribution in [-0.2, 0) is 0 Å². The molecule has 0 spiro atoms. The predicted molar refractivity (Wildman–Crippen MR) is 76.6 cm³/mol. The van der Waals surface area contributed by atoms with Crippen molar-refractivity contribution in [1.29, 1.82) is 0 Å². The van der Waals surface area contributed by atoms with Gasteiger partial charge in [-0.25, -0.2) is 0 Å². The minimum absolute atomic E-state index is 0.203. The Morgan fingerprint density at radius 1 is 1.14 bits per heavy atom. The van der Waals surface area contributed by atoms with Gasteiger partial charge in [0.05, 0.1) is 5.69 Å². The molecule has 0 aliphatic carbocycles. The Bertz CT molecular complexity index is 668. The molecule has 1 amide bonds. The van der Waals surface area contributed by atoms with E-state index in [1.165, 1.54) is 0 Å². The highest BCUT2D eigenvalue weighted by Gasteiger charge is 2.15. The number of rotatable bonds is 3. The maximum atomic E-state index is 12.1. The minimum atomic E-state index is -0.309. The fourth-order valence-electron chi connectivity index (χ4n) is 1.94. The summed E-state index contributed by atoms with van der Waals surface area (Å²) >= 11 is 0. The molecule has 108 valence electrons. The van der Waals surface area contributed by atoms with Crippen molar-refractivity contribution < 1.29 is 14.3 Å². The van der Waals surface area contributed by atoms with E-state index in [4.69, 9.17) is 9.47 Å². The lowest BCUT2D eigenvalue weighted by molar-refractivity contribution is 0.102. The van der Waals surface area contributed by atoms with Crippen LogP contribution in [-0.4, -0.2) is 22.9 Å². The molecule has 0 unspecified atom stereocenters. The molecule has 0 radical (unpaired) electrons. The van der Waals surface area contributed by atoms with Gasteiger partial charge in [-0.3, -0.25) is 4.79 Å². The Balaban J connectivity index is 1.74. The third-order valence-corrected chi connectivity index (χ3v) is 3.14. The Morgan fingerprint density at radius 3 is 2.67 bits per heavy atom. The number of amides is 1. The van der Waals surface area contributed by atoms with E-state index in [0.717, 1.165) is 5.69 Å². The van der Waals surface area contributed by atoms with Crippen LogP contribution in [0.15, 0.2) is 30.3 Å². The molecule has 0 saturated heterocycles. The van der Waals surface area contributed by atoms with Crippen molar-refractivity contribution in [3.8, 4) is 11.5 Å². The molecule has 0 bridgehead atoms. The van der Waals surface area contributed by atoms with Crippen molar-refractivity contribution in [2.45, 2.75) is 19.8 Å². The zero-order valence-electron chi connectivity index (χ0n) is 11.8. The van der Waals surface area contributed by atoms with Gasteiger partial charge in [-0.2, -0.15) is 5.10 Å². The van der Waals surface area contributed by atoms with Gasteiger partial charge in [0.15, 0.2) is 17.2 Å². The summed E-state index contributed by atoms with van der Waals surface area (Å²) in [6.07, 6.45) is 0. The SMILES string of the molecule is CC(C)c1ccc(C(=O)Nc2ccc3c(c2)OCO3)nn1. The van der Waals surface area contributed by atoms with E-state index in [2.05, 4.69) is 15.5 Å². The van der Waals surface area contributed by atoms with E-state index >= 15 is 0 Å². The van der Waals surface area contributed by atoms with Gasteiger partial charge >= 0.3 is 0 Å². The van der Waals surface area contributed by atoms with Crippen molar-refractivity contribution in [3.63, 3.8) is 0 Å². The van der Waals surface area contributed by atoms with Gasteiger partial charge in [0.2, 0.25) is 6.79 Å². The average Bonchev–Trinajstić information content (AvgIpc) is 2.95. The summed E-state index contributed by atoms with van der Waals surface area (Å²) in [5.74, 6) is 1.27. The van der Waals surface area contributed by atoms with Gasteiger partial charge in [0.25, 0.3) is 5.91 Å². The molecule has 0 saturated carbocycles. The highest BCUT2D eigenvalue weighted by atomic mass is 16.7. The first-order valence-electron chi connectivity index (χ1n) is 6.68. The first kappa shape index (κ1) is 13.4. The Hall–Kier alpha value is -2.63. The highest BCUT2D eigenvalue weighted by molar-refractivity contribution is 6.02. The van der Waals surface area contributed by atoms with Crippen LogP contribution in [0.2, 0.25) is 0 Å². The van der Waals surface area contributed by atoms with E-state index in [1.807, 2.05) is 19.9 Å². The maximum Gasteiger partial charge on any atom is 0.276 e. The summed E-state index contributed by atoms with van der Waals surface area (Å²) in [4.78, 5) is 12.1. The zero-order chi connectivity index (χ0) is 14.8. The fourth-order valence-corrected chi connectivity index (χ4v) is 1.94. The number of fused-ring (bicyclic) bond motifs is 1. The molecule has 3 rings (SSSR count). The number of nitrogens with zero attached hydrogens (tertiary/aromatic N) is 2. The molecule has 1 aromatic heterocycles. The molecule has 1 N–H and O–H groups in total. The van der Waals surface area contributed by atoms with Crippen LogP contribution < -0.4 is 14.8 Å². The van der Waals surface area contributed by atoms with Crippen LogP contribution >= 0.6 is 0 Å². The molecule has 0 fully saturated rings. The number of hydrogen-bond acceptors (Lipinski definition) is 5.